The number of benzene rings is 2. The van der Waals surface area contributed by atoms with E-state index in [1.54, 1.807) is 5.57 Å². The maximum Gasteiger partial charge on any atom is 0.0139 e. The Morgan fingerprint density at radius 2 is 1.74 bits per heavy atom. The van der Waals surface area contributed by atoms with Crippen molar-refractivity contribution in [3.8, 4) is 11.1 Å². The zero-order chi connectivity index (χ0) is 16.0. The highest BCUT2D eigenvalue weighted by Crippen LogP contribution is 2.48. The minimum Gasteiger partial charge on any atom is -0.0805 e. The smallest absolute Gasteiger partial charge is 0.0139 e. The lowest BCUT2D eigenvalue weighted by atomic mass is 9.84. The molecule has 2 aliphatic carbocycles. The Labute approximate surface area is 139 Å². The topological polar surface area (TPSA) is 0 Å². The lowest BCUT2D eigenvalue weighted by Crippen LogP contribution is -2.11. The molecule has 0 nitrogen and oxygen atoms in total. The van der Waals surface area contributed by atoms with Crippen molar-refractivity contribution >= 4 is 0 Å². The predicted octanol–water partition coefficient (Wildman–Crippen LogP) is 6.37. The minimum absolute atomic E-state index is 0.194. The zero-order valence-corrected chi connectivity index (χ0v) is 14.3. The van der Waals surface area contributed by atoms with Crippen LogP contribution >= 0.6 is 0 Å². The molecule has 2 aromatic rings. The quantitative estimate of drug-likeness (QED) is 0.604. The molecule has 0 spiro atoms. The highest BCUT2D eigenvalue weighted by atomic mass is 14.3. The molecule has 23 heavy (non-hydrogen) atoms. The summed E-state index contributed by atoms with van der Waals surface area (Å²) in [4.78, 5) is 0. The van der Waals surface area contributed by atoms with Crippen molar-refractivity contribution in [2.24, 2.45) is 0 Å². The second-order valence-corrected chi connectivity index (χ2v) is 7.85. The Kier molecular flexibility index (Phi) is 3.30. The van der Waals surface area contributed by atoms with E-state index in [0.717, 1.165) is 12.8 Å². The number of fused-ring (bicyclic) bond motifs is 3. The van der Waals surface area contributed by atoms with Crippen LogP contribution in [0.2, 0.25) is 0 Å². The van der Waals surface area contributed by atoms with E-state index in [2.05, 4.69) is 81.5 Å². The van der Waals surface area contributed by atoms with Gasteiger partial charge in [0.25, 0.3) is 0 Å². The number of hydrogen-bond donors (Lipinski definition) is 0. The Bertz CT molecular complexity index is 812. The van der Waals surface area contributed by atoms with Crippen LogP contribution in [0.5, 0.6) is 0 Å². The van der Waals surface area contributed by atoms with Crippen LogP contribution < -0.4 is 0 Å². The van der Waals surface area contributed by atoms with Gasteiger partial charge in [-0.3, -0.25) is 0 Å². The molecule has 0 bridgehead atoms. The van der Waals surface area contributed by atoms with Crippen molar-refractivity contribution in [1.29, 1.82) is 0 Å². The molecule has 1 unspecified atom stereocenters. The summed E-state index contributed by atoms with van der Waals surface area (Å²) in [6.07, 6.45) is 9.02. The van der Waals surface area contributed by atoms with Crippen molar-refractivity contribution < 1.29 is 0 Å². The van der Waals surface area contributed by atoms with Gasteiger partial charge in [-0.1, -0.05) is 87.0 Å². The highest BCUT2D eigenvalue weighted by Gasteiger charge is 2.30. The van der Waals surface area contributed by atoms with Gasteiger partial charge >= 0.3 is 0 Å². The summed E-state index contributed by atoms with van der Waals surface area (Å²) in [6.45, 7) is 6.88. The second kappa shape index (κ2) is 5.23. The average Bonchev–Trinajstić information content (AvgIpc) is 3.14. The molecule has 0 N–H and O–H groups in total. The molecule has 0 fully saturated rings. The maximum atomic E-state index is 2.43. The van der Waals surface area contributed by atoms with Gasteiger partial charge in [-0.25, -0.2) is 0 Å². The summed E-state index contributed by atoms with van der Waals surface area (Å²) >= 11 is 0. The first-order chi connectivity index (χ1) is 11.0. The van der Waals surface area contributed by atoms with Gasteiger partial charge in [-0.2, -0.15) is 0 Å². The van der Waals surface area contributed by atoms with Crippen LogP contribution in [-0.4, -0.2) is 0 Å². The van der Waals surface area contributed by atoms with Crippen LogP contribution in [0.3, 0.4) is 0 Å². The fraction of sp³-hybridized carbons (Fsp3) is 0.304. The van der Waals surface area contributed by atoms with Gasteiger partial charge in [0.15, 0.2) is 0 Å². The average molecular weight is 300 g/mol. The second-order valence-electron chi connectivity index (χ2n) is 7.85. The van der Waals surface area contributed by atoms with Gasteiger partial charge in [-0.15, -0.1) is 0 Å². The summed E-state index contributed by atoms with van der Waals surface area (Å²) in [5, 5.41) is 0. The Morgan fingerprint density at radius 3 is 2.48 bits per heavy atom. The Balaban J connectivity index is 1.82. The third-order valence-corrected chi connectivity index (χ3v) is 5.24. The SMILES string of the molecule is CC(C)(C)c1ccc2c(c1)-c1ccccc1C2CC1=CC=CC1. The van der Waals surface area contributed by atoms with Crippen LogP contribution in [0.25, 0.3) is 11.1 Å². The molecule has 0 aliphatic heterocycles. The molecule has 0 heteroatoms. The molecular weight excluding hydrogens is 276 g/mol. The Morgan fingerprint density at radius 1 is 0.957 bits per heavy atom. The van der Waals surface area contributed by atoms with Gasteiger partial charge in [0.05, 0.1) is 0 Å². The number of allylic oxidation sites excluding steroid dienone is 4. The van der Waals surface area contributed by atoms with E-state index in [1.165, 1.54) is 27.8 Å². The molecule has 2 aliphatic rings. The molecule has 2 aromatic carbocycles. The van der Waals surface area contributed by atoms with E-state index in [-0.39, 0.29) is 5.41 Å². The van der Waals surface area contributed by atoms with Crippen LogP contribution in [0.15, 0.2) is 66.3 Å². The van der Waals surface area contributed by atoms with Gasteiger partial charge in [-0.05, 0) is 46.1 Å². The lowest BCUT2D eigenvalue weighted by Gasteiger charge is -2.21. The summed E-state index contributed by atoms with van der Waals surface area (Å²) < 4.78 is 0. The standard InChI is InChI=1S/C23H24/c1-23(2,3)17-12-13-20-21(14-16-8-4-5-9-16)18-10-6-7-11-19(18)22(20)15-17/h4-8,10-13,15,21H,9,14H2,1-3H3. The van der Waals surface area contributed by atoms with E-state index in [9.17, 15) is 0 Å². The number of hydrogen-bond acceptors (Lipinski definition) is 0. The van der Waals surface area contributed by atoms with Crippen LogP contribution in [0.1, 0.15) is 56.2 Å². The number of rotatable bonds is 2. The fourth-order valence-corrected chi connectivity index (χ4v) is 3.90. The third-order valence-electron chi connectivity index (χ3n) is 5.24. The van der Waals surface area contributed by atoms with Crippen molar-refractivity contribution in [3.05, 3.63) is 83.0 Å². The Hall–Kier alpha value is -2.08. The first kappa shape index (κ1) is 14.5. The van der Waals surface area contributed by atoms with Gasteiger partial charge in [0, 0.05) is 5.92 Å². The maximum absolute atomic E-state index is 2.43. The van der Waals surface area contributed by atoms with Gasteiger partial charge in [0.2, 0.25) is 0 Å². The van der Waals surface area contributed by atoms with Crippen molar-refractivity contribution in [2.75, 3.05) is 0 Å². The van der Waals surface area contributed by atoms with E-state index in [1.807, 2.05) is 0 Å². The van der Waals surface area contributed by atoms with E-state index >= 15 is 0 Å². The summed E-state index contributed by atoms with van der Waals surface area (Å²) in [5.41, 5.74) is 9.06. The summed E-state index contributed by atoms with van der Waals surface area (Å²) in [7, 11) is 0. The van der Waals surface area contributed by atoms with Crippen LogP contribution in [0.4, 0.5) is 0 Å². The monoisotopic (exact) mass is 300 g/mol. The first-order valence-electron chi connectivity index (χ1n) is 8.62. The van der Waals surface area contributed by atoms with Crippen molar-refractivity contribution in [1.82, 2.24) is 0 Å². The molecule has 0 saturated heterocycles. The minimum atomic E-state index is 0.194. The first-order valence-corrected chi connectivity index (χ1v) is 8.62. The van der Waals surface area contributed by atoms with Crippen LogP contribution in [0, 0.1) is 0 Å². The highest BCUT2D eigenvalue weighted by molar-refractivity contribution is 5.79. The van der Waals surface area contributed by atoms with E-state index < -0.39 is 0 Å². The molecule has 0 saturated carbocycles. The largest absolute Gasteiger partial charge is 0.0805 e. The van der Waals surface area contributed by atoms with Crippen LogP contribution in [-0.2, 0) is 5.41 Å². The molecule has 0 amide bonds. The molecule has 0 radical (unpaired) electrons. The molecular formula is C23H24. The summed E-state index contributed by atoms with van der Waals surface area (Å²) in [5.74, 6) is 0.515. The van der Waals surface area contributed by atoms with Crippen molar-refractivity contribution in [2.45, 2.75) is 44.9 Å². The van der Waals surface area contributed by atoms with Crippen molar-refractivity contribution in [3.63, 3.8) is 0 Å². The van der Waals surface area contributed by atoms with E-state index in [0.29, 0.717) is 5.92 Å². The predicted molar refractivity (Wildman–Crippen MR) is 98.9 cm³/mol. The molecule has 0 aromatic heterocycles. The van der Waals surface area contributed by atoms with Gasteiger partial charge in [0.1, 0.15) is 0 Å². The molecule has 116 valence electrons. The molecule has 0 heterocycles. The molecule has 4 rings (SSSR count). The van der Waals surface area contributed by atoms with Gasteiger partial charge < -0.3 is 0 Å². The third kappa shape index (κ3) is 2.47. The fourth-order valence-electron chi connectivity index (χ4n) is 3.90. The molecule has 1 atom stereocenters. The van der Waals surface area contributed by atoms with E-state index in [4.69, 9.17) is 0 Å². The zero-order valence-electron chi connectivity index (χ0n) is 14.3. The lowest BCUT2D eigenvalue weighted by molar-refractivity contribution is 0.590. The summed E-state index contributed by atoms with van der Waals surface area (Å²) in [6, 6.07) is 16.1. The normalized spacial score (nSPS) is 18.7.